The number of imide groups is 2. The number of alkyl halides is 3. The molecule has 0 aromatic heterocycles. The molecule has 212 valence electrons. The fourth-order valence-electron chi connectivity index (χ4n) is 7.05. The Morgan fingerprint density at radius 1 is 1.07 bits per heavy atom. The Bertz CT molecular complexity index is 1560. The van der Waals surface area contributed by atoms with Crippen LogP contribution in [0.3, 0.4) is 0 Å². The largest absolute Gasteiger partial charge is 0.504 e. The minimum atomic E-state index is -2.01. The molecule has 2 aromatic carbocycles. The normalized spacial score (nSPS) is 32.4. The summed E-state index contributed by atoms with van der Waals surface area (Å²) in [5.74, 6) is -5.56. The summed E-state index contributed by atoms with van der Waals surface area (Å²) in [7, 11) is 1.39. The van der Waals surface area contributed by atoms with Gasteiger partial charge in [-0.2, -0.15) is 0 Å². The Balaban J connectivity index is 1.52. The molecule has 0 radical (unpaired) electrons. The van der Waals surface area contributed by atoms with Gasteiger partial charge in [-0.3, -0.25) is 29.0 Å². The highest BCUT2D eigenvalue weighted by molar-refractivity contribution is 9.09. The second-order valence-electron chi connectivity index (χ2n) is 10.7. The Hall–Kier alpha value is -3.14. The lowest BCUT2D eigenvalue weighted by molar-refractivity contribution is -0.138. The quantitative estimate of drug-likeness (QED) is 0.211. The number of phenolic OH excluding ortho intramolecular Hbond substituents is 1. The van der Waals surface area contributed by atoms with Crippen LogP contribution in [0.4, 0.5) is 5.69 Å². The number of ether oxygens (including phenoxy) is 1. The zero-order chi connectivity index (χ0) is 29.4. The molecule has 2 aliphatic carbocycles. The molecule has 1 saturated carbocycles. The van der Waals surface area contributed by atoms with Gasteiger partial charge in [-0.1, -0.05) is 64.5 Å². The number of hydrogen-bond donors (Lipinski definition) is 1. The summed E-state index contributed by atoms with van der Waals surface area (Å²) in [4.78, 5) is 53.5. The molecule has 0 bridgehead atoms. The average Bonchev–Trinajstić information content (AvgIpc) is 3.31. The van der Waals surface area contributed by atoms with Gasteiger partial charge in [0.2, 0.25) is 11.8 Å². The molecule has 6 atom stereocenters. The lowest BCUT2D eigenvalue weighted by Gasteiger charge is -2.50. The molecule has 1 N–H and O–H groups in total. The first-order valence-electron chi connectivity index (χ1n) is 13.0. The summed E-state index contributed by atoms with van der Waals surface area (Å²) in [5, 5.41) is 11.2. The smallest absolute Gasteiger partial charge is 0.254 e. The third-order valence-corrected chi connectivity index (χ3v) is 10.9. The number of likely N-dealkylation sites (tertiary alicyclic amines) is 1. The number of rotatable bonds is 5. The summed E-state index contributed by atoms with van der Waals surface area (Å²) in [6, 6.07) is 11.7. The highest BCUT2D eigenvalue weighted by Crippen LogP contribution is 2.66. The second kappa shape index (κ2) is 9.71. The fraction of sp³-hybridized carbons (Fsp3) is 0.333. The molecule has 6 rings (SSSR count). The molecule has 8 nitrogen and oxygen atoms in total. The van der Waals surface area contributed by atoms with E-state index in [0.29, 0.717) is 11.3 Å². The van der Waals surface area contributed by atoms with Crippen LogP contribution >= 0.6 is 39.1 Å². The number of anilines is 1. The number of aromatic hydroxyl groups is 1. The van der Waals surface area contributed by atoms with Crippen LogP contribution in [0.5, 0.6) is 11.5 Å². The van der Waals surface area contributed by atoms with Crippen molar-refractivity contribution in [3.8, 4) is 11.5 Å². The number of para-hydroxylation sites is 1. The van der Waals surface area contributed by atoms with E-state index in [4.69, 9.17) is 27.9 Å². The van der Waals surface area contributed by atoms with Crippen molar-refractivity contribution in [1.82, 2.24) is 4.90 Å². The number of hydrogen-bond acceptors (Lipinski definition) is 6. The van der Waals surface area contributed by atoms with E-state index in [1.165, 1.54) is 12.0 Å². The molecule has 0 unspecified atom stereocenters. The van der Waals surface area contributed by atoms with Gasteiger partial charge < -0.3 is 9.84 Å². The van der Waals surface area contributed by atoms with Crippen LogP contribution in [-0.2, 0) is 19.2 Å². The van der Waals surface area contributed by atoms with Crippen molar-refractivity contribution in [1.29, 1.82) is 0 Å². The molecule has 4 aliphatic rings. The van der Waals surface area contributed by atoms with E-state index in [1.54, 1.807) is 48.5 Å². The van der Waals surface area contributed by atoms with E-state index < -0.39 is 51.1 Å². The van der Waals surface area contributed by atoms with Gasteiger partial charge in [-0.05, 0) is 42.5 Å². The number of halogens is 3. The minimum Gasteiger partial charge on any atom is -0.504 e. The lowest BCUT2D eigenvalue weighted by Crippen LogP contribution is -2.60. The fourth-order valence-corrected chi connectivity index (χ4v) is 8.47. The summed E-state index contributed by atoms with van der Waals surface area (Å²) < 4.78 is 5.33. The Morgan fingerprint density at radius 3 is 2.41 bits per heavy atom. The third kappa shape index (κ3) is 3.58. The number of fused-ring (bicyclic) bond motifs is 4. The van der Waals surface area contributed by atoms with Crippen molar-refractivity contribution in [2.24, 2.45) is 17.8 Å². The first-order chi connectivity index (χ1) is 19.5. The number of phenols is 1. The standard InChI is InChI=1S/C30H25BrCl2N2O6/c1-3-15-7-9-16(10-8-15)35-25(37)18-12-11-17-20(22(18)26(35)38)13-29(32)27(39)34(14-31)28(40)30(29,33)23(17)19-5-4-6-21(41-2)24(19)36/h3-11,18,20,22-23,36H,1,12-14H2,2H3/t18-,20+,22-,23+,29+,30-/m0/s1. The minimum absolute atomic E-state index is 0.133. The molecule has 11 heteroatoms. The summed E-state index contributed by atoms with van der Waals surface area (Å²) in [5.41, 5.74) is 1.97. The predicted molar refractivity (Wildman–Crippen MR) is 157 cm³/mol. The van der Waals surface area contributed by atoms with Crippen molar-refractivity contribution in [2.45, 2.75) is 28.5 Å². The maximum absolute atomic E-state index is 14.1. The Morgan fingerprint density at radius 2 is 1.78 bits per heavy atom. The van der Waals surface area contributed by atoms with E-state index in [9.17, 15) is 24.3 Å². The number of carbonyl (C=O) groups is 4. The van der Waals surface area contributed by atoms with Gasteiger partial charge in [0, 0.05) is 11.5 Å². The monoisotopic (exact) mass is 658 g/mol. The molecular weight excluding hydrogens is 635 g/mol. The van der Waals surface area contributed by atoms with E-state index in [2.05, 4.69) is 22.5 Å². The van der Waals surface area contributed by atoms with Crippen molar-refractivity contribution in [2.75, 3.05) is 17.5 Å². The Labute approximate surface area is 254 Å². The molecule has 4 amide bonds. The maximum atomic E-state index is 14.1. The molecule has 3 fully saturated rings. The number of nitrogens with zero attached hydrogens (tertiary/aromatic N) is 2. The van der Waals surface area contributed by atoms with Crippen LogP contribution in [0.1, 0.15) is 29.9 Å². The van der Waals surface area contributed by atoms with Gasteiger partial charge in [-0.25, -0.2) is 0 Å². The van der Waals surface area contributed by atoms with Crippen molar-refractivity contribution < 1.29 is 29.0 Å². The van der Waals surface area contributed by atoms with Crippen molar-refractivity contribution >= 4 is 74.5 Å². The van der Waals surface area contributed by atoms with Crippen LogP contribution in [-0.4, -0.2) is 55.9 Å². The van der Waals surface area contributed by atoms with E-state index in [-0.39, 0.29) is 41.3 Å². The number of allylic oxidation sites excluding steroid dienone is 2. The third-order valence-electron chi connectivity index (χ3n) is 8.96. The van der Waals surface area contributed by atoms with Gasteiger partial charge >= 0.3 is 0 Å². The van der Waals surface area contributed by atoms with E-state index in [0.717, 1.165) is 10.5 Å². The first kappa shape index (κ1) is 28.0. The van der Waals surface area contributed by atoms with Crippen LogP contribution in [0.15, 0.2) is 60.7 Å². The molecule has 0 spiro atoms. The first-order valence-corrected chi connectivity index (χ1v) is 14.9. The van der Waals surface area contributed by atoms with Crippen molar-refractivity contribution in [3.05, 3.63) is 71.8 Å². The SMILES string of the molecule is C=Cc1ccc(N2C(=O)[C@H]3[C@H](CC=C4[C@H]3C[C@@]3(Cl)C(=O)N(CBr)C(=O)[C@@]3(Cl)[C@H]4c3cccc(OC)c3O)C2=O)cc1. The van der Waals surface area contributed by atoms with Crippen LogP contribution in [0.25, 0.3) is 6.08 Å². The highest BCUT2D eigenvalue weighted by Gasteiger charge is 2.76. The van der Waals surface area contributed by atoms with Crippen LogP contribution < -0.4 is 9.64 Å². The molecule has 2 aromatic rings. The molecule has 2 saturated heterocycles. The van der Waals surface area contributed by atoms with Gasteiger partial charge in [0.15, 0.2) is 21.2 Å². The van der Waals surface area contributed by atoms with Gasteiger partial charge in [0.1, 0.15) is 0 Å². The number of methoxy groups -OCH3 is 1. The topological polar surface area (TPSA) is 104 Å². The average molecular weight is 660 g/mol. The highest BCUT2D eigenvalue weighted by atomic mass is 79.9. The van der Waals surface area contributed by atoms with Crippen molar-refractivity contribution in [3.63, 3.8) is 0 Å². The number of carbonyl (C=O) groups excluding carboxylic acids is 4. The van der Waals surface area contributed by atoms with Crippen LogP contribution in [0.2, 0.25) is 0 Å². The second-order valence-corrected chi connectivity index (χ2v) is 12.4. The summed E-state index contributed by atoms with van der Waals surface area (Å²) in [6.45, 7) is 3.74. The molecular formula is C30H25BrCl2N2O6. The van der Waals surface area contributed by atoms with E-state index >= 15 is 0 Å². The van der Waals surface area contributed by atoms with Gasteiger partial charge in [-0.15, -0.1) is 23.2 Å². The number of benzene rings is 2. The molecule has 41 heavy (non-hydrogen) atoms. The lowest BCUT2D eigenvalue weighted by atomic mass is 9.56. The number of amides is 4. The van der Waals surface area contributed by atoms with Crippen LogP contribution in [0, 0.1) is 17.8 Å². The zero-order valence-electron chi connectivity index (χ0n) is 21.9. The zero-order valence-corrected chi connectivity index (χ0v) is 24.9. The maximum Gasteiger partial charge on any atom is 0.254 e. The summed E-state index contributed by atoms with van der Waals surface area (Å²) >= 11 is 17.6. The molecule has 2 heterocycles. The predicted octanol–water partition coefficient (Wildman–Crippen LogP) is 4.96. The van der Waals surface area contributed by atoms with Gasteiger partial charge in [0.25, 0.3) is 11.8 Å². The summed E-state index contributed by atoms with van der Waals surface area (Å²) in [6.07, 6.45) is 3.57. The Kier molecular flexibility index (Phi) is 6.63. The molecule has 2 aliphatic heterocycles. The van der Waals surface area contributed by atoms with Gasteiger partial charge in [0.05, 0.1) is 30.1 Å². The van der Waals surface area contributed by atoms with E-state index in [1.807, 2.05) is 6.08 Å².